The molecule has 0 spiro atoms. The van der Waals surface area contributed by atoms with Gasteiger partial charge in [-0.1, -0.05) is 50.8 Å². The Bertz CT molecular complexity index is 824. The first-order chi connectivity index (χ1) is 13.1. The average Bonchev–Trinajstić information content (AvgIpc) is 2.94. The molecule has 2 aromatic rings. The van der Waals surface area contributed by atoms with Crippen molar-refractivity contribution in [3.8, 4) is 0 Å². The summed E-state index contributed by atoms with van der Waals surface area (Å²) >= 11 is 0. The molecular formula is C22H28N2O3. The highest BCUT2D eigenvalue weighted by Gasteiger charge is 2.21. The van der Waals surface area contributed by atoms with Gasteiger partial charge in [0.15, 0.2) is 6.61 Å². The molecule has 0 bridgehead atoms. The smallest absolute Gasteiger partial charge is 0.340 e. The summed E-state index contributed by atoms with van der Waals surface area (Å²) in [6.45, 7) is 3.63. The summed E-state index contributed by atoms with van der Waals surface area (Å²) in [5.41, 5.74) is 2.92. The van der Waals surface area contributed by atoms with E-state index < -0.39 is 5.97 Å². The molecule has 5 nitrogen and oxygen atoms in total. The summed E-state index contributed by atoms with van der Waals surface area (Å²) in [6, 6.07) is 7.96. The van der Waals surface area contributed by atoms with Gasteiger partial charge in [-0.15, -0.1) is 0 Å². The number of hydrogen-bond donors (Lipinski definition) is 1. The fraction of sp³-hybridized carbons (Fsp3) is 0.500. The molecule has 3 rings (SSSR count). The third-order valence-electron chi connectivity index (χ3n) is 5.32. The van der Waals surface area contributed by atoms with E-state index in [1.807, 2.05) is 38.1 Å². The molecule has 1 N–H and O–H groups in total. The van der Waals surface area contributed by atoms with Crippen LogP contribution >= 0.6 is 0 Å². The molecular weight excluding hydrogens is 340 g/mol. The van der Waals surface area contributed by atoms with E-state index in [-0.39, 0.29) is 18.6 Å². The topological polar surface area (TPSA) is 68.3 Å². The van der Waals surface area contributed by atoms with Crippen LogP contribution in [0.3, 0.4) is 0 Å². The lowest BCUT2D eigenvalue weighted by atomic mass is 10.0. The van der Waals surface area contributed by atoms with Crippen LogP contribution in [0.15, 0.2) is 24.3 Å². The van der Waals surface area contributed by atoms with Gasteiger partial charge in [0, 0.05) is 11.4 Å². The average molecular weight is 368 g/mol. The zero-order valence-corrected chi connectivity index (χ0v) is 16.2. The monoisotopic (exact) mass is 368 g/mol. The maximum atomic E-state index is 12.7. The summed E-state index contributed by atoms with van der Waals surface area (Å²) in [6.07, 6.45) is 7.40. The van der Waals surface area contributed by atoms with E-state index >= 15 is 0 Å². The van der Waals surface area contributed by atoms with Gasteiger partial charge in [-0.25, -0.2) is 4.79 Å². The quantitative estimate of drug-likeness (QED) is 0.637. The van der Waals surface area contributed by atoms with Crippen molar-refractivity contribution in [2.75, 3.05) is 6.61 Å². The van der Waals surface area contributed by atoms with Crippen LogP contribution in [0.5, 0.6) is 0 Å². The summed E-state index contributed by atoms with van der Waals surface area (Å²) in [5.74, 6) is -0.696. The minimum absolute atomic E-state index is 0.203. The lowest BCUT2D eigenvalue weighted by Gasteiger charge is -2.17. The highest BCUT2D eigenvalue weighted by molar-refractivity contribution is 5.99. The lowest BCUT2D eigenvalue weighted by Crippen LogP contribution is -2.37. The molecule has 1 aromatic carbocycles. The number of pyridine rings is 1. The predicted octanol–water partition coefficient (Wildman–Crippen LogP) is 4.10. The number of nitrogens with one attached hydrogen (secondary N) is 1. The van der Waals surface area contributed by atoms with Crippen LogP contribution < -0.4 is 5.32 Å². The van der Waals surface area contributed by atoms with Gasteiger partial charge < -0.3 is 10.1 Å². The van der Waals surface area contributed by atoms with Gasteiger partial charge in [0.05, 0.1) is 16.8 Å². The van der Waals surface area contributed by atoms with E-state index in [2.05, 4.69) is 10.3 Å². The number of esters is 1. The molecule has 0 atom stereocenters. The number of carbonyl (C=O) groups is 2. The van der Waals surface area contributed by atoms with Crippen LogP contribution in [0.1, 0.15) is 67.1 Å². The van der Waals surface area contributed by atoms with Gasteiger partial charge in [-0.3, -0.25) is 9.78 Å². The van der Waals surface area contributed by atoms with Crippen LogP contribution in [0.4, 0.5) is 0 Å². The van der Waals surface area contributed by atoms with Crippen molar-refractivity contribution in [1.82, 2.24) is 10.3 Å². The number of benzene rings is 1. The lowest BCUT2D eigenvalue weighted by molar-refractivity contribution is -0.125. The van der Waals surface area contributed by atoms with Crippen molar-refractivity contribution in [3.63, 3.8) is 0 Å². The Morgan fingerprint density at radius 2 is 1.85 bits per heavy atom. The number of carbonyl (C=O) groups excluding carboxylic acids is 2. The summed E-state index contributed by atoms with van der Waals surface area (Å²) in [4.78, 5) is 29.5. The van der Waals surface area contributed by atoms with E-state index in [4.69, 9.17) is 4.74 Å². The minimum Gasteiger partial charge on any atom is -0.452 e. The number of aryl methyl sites for hydroxylation is 2. The third kappa shape index (κ3) is 4.65. The van der Waals surface area contributed by atoms with E-state index in [0.717, 1.165) is 42.1 Å². The van der Waals surface area contributed by atoms with Crippen LogP contribution in [0.2, 0.25) is 0 Å². The first-order valence-corrected chi connectivity index (χ1v) is 9.94. The molecule has 1 aliphatic rings. The number of rotatable bonds is 5. The Morgan fingerprint density at radius 3 is 2.56 bits per heavy atom. The minimum atomic E-state index is -0.474. The van der Waals surface area contributed by atoms with Gasteiger partial charge >= 0.3 is 5.97 Å². The highest BCUT2D eigenvalue weighted by atomic mass is 16.5. The Hall–Kier alpha value is -2.43. The standard InChI is InChI=1S/C22H28N2O3/c1-3-18-21(15(2)17-12-8-9-13-19(17)24-18)22(26)27-14-20(25)23-16-10-6-4-5-7-11-16/h8-9,12-13,16H,3-7,10-11,14H2,1-2H3,(H,23,25). The number of nitrogens with zero attached hydrogens (tertiary/aromatic N) is 1. The first-order valence-electron chi connectivity index (χ1n) is 9.94. The zero-order valence-electron chi connectivity index (χ0n) is 16.2. The number of para-hydroxylation sites is 1. The molecule has 1 fully saturated rings. The molecule has 0 unspecified atom stereocenters. The number of hydrogen-bond acceptors (Lipinski definition) is 4. The van der Waals surface area contributed by atoms with Gasteiger partial charge in [0.1, 0.15) is 0 Å². The van der Waals surface area contributed by atoms with Gasteiger partial charge in [0.25, 0.3) is 5.91 Å². The van der Waals surface area contributed by atoms with Crippen molar-refractivity contribution in [1.29, 1.82) is 0 Å². The van der Waals surface area contributed by atoms with E-state index in [0.29, 0.717) is 17.7 Å². The van der Waals surface area contributed by atoms with Gasteiger partial charge in [-0.05, 0) is 37.8 Å². The number of fused-ring (bicyclic) bond motifs is 1. The van der Waals surface area contributed by atoms with Gasteiger partial charge in [0.2, 0.25) is 0 Å². The van der Waals surface area contributed by atoms with E-state index in [1.165, 1.54) is 12.8 Å². The van der Waals surface area contributed by atoms with Crippen LogP contribution in [-0.4, -0.2) is 29.5 Å². The molecule has 5 heteroatoms. The molecule has 1 saturated carbocycles. The van der Waals surface area contributed by atoms with Crippen molar-refractivity contribution in [2.45, 2.75) is 64.8 Å². The molecule has 0 radical (unpaired) electrons. The number of ether oxygens (including phenoxy) is 1. The summed E-state index contributed by atoms with van der Waals surface area (Å²) in [5, 5.41) is 3.94. The Kier molecular flexibility index (Phi) is 6.43. The molecule has 1 amide bonds. The first kappa shape index (κ1) is 19.3. The Labute approximate surface area is 160 Å². The maximum Gasteiger partial charge on any atom is 0.340 e. The van der Waals surface area contributed by atoms with Crippen molar-refractivity contribution in [3.05, 3.63) is 41.1 Å². The van der Waals surface area contributed by atoms with E-state index in [1.54, 1.807) is 0 Å². The van der Waals surface area contributed by atoms with E-state index in [9.17, 15) is 9.59 Å². The molecule has 1 heterocycles. The SMILES string of the molecule is CCc1nc2ccccc2c(C)c1C(=O)OCC(=O)NC1CCCCCC1. The summed E-state index contributed by atoms with van der Waals surface area (Å²) in [7, 11) is 0. The molecule has 0 saturated heterocycles. The molecule has 144 valence electrons. The third-order valence-corrected chi connectivity index (χ3v) is 5.32. The molecule has 27 heavy (non-hydrogen) atoms. The normalized spacial score (nSPS) is 15.3. The van der Waals surface area contributed by atoms with Crippen LogP contribution in [0, 0.1) is 6.92 Å². The van der Waals surface area contributed by atoms with Crippen molar-refractivity contribution in [2.24, 2.45) is 0 Å². The highest BCUT2D eigenvalue weighted by Crippen LogP contribution is 2.24. The maximum absolute atomic E-state index is 12.7. The van der Waals surface area contributed by atoms with Crippen molar-refractivity contribution >= 4 is 22.8 Å². The Morgan fingerprint density at radius 1 is 1.15 bits per heavy atom. The van der Waals surface area contributed by atoms with Crippen LogP contribution in [-0.2, 0) is 16.0 Å². The molecule has 1 aliphatic carbocycles. The van der Waals surface area contributed by atoms with Crippen molar-refractivity contribution < 1.29 is 14.3 Å². The largest absolute Gasteiger partial charge is 0.452 e. The van der Waals surface area contributed by atoms with Gasteiger partial charge in [-0.2, -0.15) is 0 Å². The number of aromatic nitrogens is 1. The predicted molar refractivity (Wildman–Crippen MR) is 106 cm³/mol. The second-order valence-electron chi connectivity index (χ2n) is 7.26. The Balaban J connectivity index is 1.68. The van der Waals surface area contributed by atoms with Crippen LogP contribution in [0.25, 0.3) is 10.9 Å². The molecule has 1 aromatic heterocycles. The second kappa shape index (κ2) is 8.98. The zero-order chi connectivity index (χ0) is 19.2. The fourth-order valence-corrected chi connectivity index (χ4v) is 3.86. The molecule has 0 aliphatic heterocycles. The fourth-order valence-electron chi connectivity index (χ4n) is 3.86. The second-order valence-corrected chi connectivity index (χ2v) is 7.26. The summed E-state index contributed by atoms with van der Waals surface area (Å²) < 4.78 is 5.34. The number of amides is 1.